The van der Waals surface area contributed by atoms with Gasteiger partial charge in [0, 0.05) is 18.7 Å². The van der Waals surface area contributed by atoms with E-state index in [0.717, 1.165) is 40.4 Å². The number of ether oxygens (including phenoxy) is 2. The van der Waals surface area contributed by atoms with Gasteiger partial charge in [-0.05, 0) is 63.7 Å². The number of carbonyl (C=O) groups is 2. The largest absolute Gasteiger partial charge is 0.497 e. The quantitative estimate of drug-likeness (QED) is 0.145. The van der Waals surface area contributed by atoms with Crippen LogP contribution in [0.1, 0.15) is 38.7 Å². The third kappa shape index (κ3) is 6.11. The summed E-state index contributed by atoms with van der Waals surface area (Å²) in [4.78, 5) is 40.3. The molecule has 0 aliphatic carbocycles. The number of hydrogen-bond donors (Lipinski definition) is 0. The Bertz CT molecular complexity index is 2260. The maximum absolute atomic E-state index is 14.7. The second kappa shape index (κ2) is 13.0. The van der Waals surface area contributed by atoms with E-state index in [-0.39, 0.29) is 35.9 Å². The smallest absolute Gasteiger partial charge is 0.416 e. The number of hydrogen-bond acceptors (Lipinski definition) is 7. The molecule has 1 unspecified atom stereocenters. The van der Waals surface area contributed by atoms with Crippen molar-refractivity contribution in [3.63, 3.8) is 0 Å². The molecule has 5 aromatic rings. The minimum atomic E-state index is -4.81. The molecule has 0 N–H and O–H groups in total. The van der Waals surface area contributed by atoms with Crippen LogP contribution in [0.5, 0.6) is 5.75 Å². The van der Waals surface area contributed by atoms with E-state index in [1.54, 1.807) is 48.5 Å². The van der Waals surface area contributed by atoms with Crippen LogP contribution in [-0.2, 0) is 38.7 Å². The summed E-state index contributed by atoms with van der Waals surface area (Å²) in [7, 11) is -2.21. The first-order valence-electron chi connectivity index (χ1n) is 15.0. The van der Waals surface area contributed by atoms with Gasteiger partial charge in [-0.1, -0.05) is 66.7 Å². The van der Waals surface area contributed by atoms with Crippen molar-refractivity contribution in [3.8, 4) is 16.9 Å². The zero-order valence-corrected chi connectivity index (χ0v) is 27.0. The maximum Gasteiger partial charge on any atom is 0.416 e. The molecule has 0 fully saturated rings. The van der Waals surface area contributed by atoms with Gasteiger partial charge in [-0.3, -0.25) is 14.2 Å². The number of esters is 1. The van der Waals surface area contributed by atoms with Crippen LogP contribution >= 0.6 is 0 Å². The van der Waals surface area contributed by atoms with Gasteiger partial charge < -0.3 is 9.47 Å². The lowest BCUT2D eigenvalue weighted by Crippen LogP contribution is -2.50. The number of sulfonamides is 1. The van der Waals surface area contributed by atoms with Gasteiger partial charge in [-0.15, -0.1) is 0 Å². The van der Waals surface area contributed by atoms with E-state index in [9.17, 15) is 36.0 Å². The number of carbonyl (C=O) groups excluding carboxylic acids is 2. The van der Waals surface area contributed by atoms with Crippen molar-refractivity contribution in [2.75, 3.05) is 20.8 Å². The van der Waals surface area contributed by atoms with E-state index in [1.165, 1.54) is 13.2 Å². The van der Waals surface area contributed by atoms with Crippen molar-refractivity contribution in [2.24, 2.45) is 0 Å². The Morgan fingerprint density at radius 3 is 2.33 bits per heavy atom. The van der Waals surface area contributed by atoms with Crippen LogP contribution in [0.25, 0.3) is 21.9 Å². The molecule has 4 aromatic carbocycles. The Morgan fingerprint density at radius 2 is 1.65 bits per heavy atom. The van der Waals surface area contributed by atoms with Gasteiger partial charge in [0.05, 0.1) is 25.3 Å². The van der Waals surface area contributed by atoms with E-state index in [0.29, 0.717) is 21.4 Å². The normalized spacial score (nSPS) is 15.8. The predicted octanol–water partition coefficient (Wildman–Crippen LogP) is 6.02. The summed E-state index contributed by atoms with van der Waals surface area (Å²) in [5, 5.41) is 0.825. The van der Waals surface area contributed by atoms with Crippen LogP contribution < -0.4 is 10.3 Å². The van der Waals surface area contributed by atoms with Crippen molar-refractivity contribution in [1.82, 2.24) is 8.87 Å². The molecule has 0 spiro atoms. The number of aldehydes is 1. The second-order valence-electron chi connectivity index (χ2n) is 11.4. The number of nitrogens with zero attached hydrogens (tertiary/aromatic N) is 2. The Labute approximate surface area is 279 Å². The van der Waals surface area contributed by atoms with Crippen molar-refractivity contribution >= 4 is 33.1 Å². The number of aromatic nitrogens is 1. The summed E-state index contributed by atoms with van der Waals surface area (Å²) in [6, 6.07) is 21.5. The number of halogens is 3. The maximum atomic E-state index is 14.7. The van der Waals surface area contributed by atoms with Crippen molar-refractivity contribution in [3.05, 3.63) is 129 Å². The number of benzene rings is 4. The fraction of sp³-hybridized carbons (Fsp3) is 0.194. The molecule has 13 heteroatoms. The highest BCUT2D eigenvalue weighted by atomic mass is 32.2. The minimum Gasteiger partial charge on any atom is -0.497 e. The van der Waals surface area contributed by atoms with Crippen molar-refractivity contribution < 1.29 is 40.7 Å². The van der Waals surface area contributed by atoms with Gasteiger partial charge in [-0.25, -0.2) is 13.2 Å². The molecule has 1 aromatic heterocycles. The van der Waals surface area contributed by atoms with Crippen LogP contribution in [0.15, 0.2) is 101 Å². The standard InChI is InChI=1S/C36H29F3N2O7S/c1-47-27-15-13-22(14-16-27)19-40-20-31(35(44)48-2)41-33(43)30(21-42)29(18-24-9-5-8-23-7-3-4-12-28(23)24)32(34(41)49(40,45)46)25-10-6-11-26(17-25)36(37,38)39/h3-17,21,31H,18-20H2,1-2H3. The zero-order valence-electron chi connectivity index (χ0n) is 26.2. The Morgan fingerprint density at radius 1 is 0.959 bits per heavy atom. The topological polar surface area (TPSA) is 112 Å². The summed E-state index contributed by atoms with van der Waals surface area (Å²) in [5.74, 6) is -0.465. The first kappa shape index (κ1) is 33.6. The van der Waals surface area contributed by atoms with Gasteiger partial charge >= 0.3 is 12.1 Å². The average Bonchev–Trinajstić information content (AvgIpc) is 3.09. The van der Waals surface area contributed by atoms with E-state index < -0.39 is 56.5 Å². The number of methoxy groups -OCH3 is 2. The second-order valence-corrected chi connectivity index (χ2v) is 13.3. The molecule has 0 radical (unpaired) electrons. The van der Waals surface area contributed by atoms with Gasteiger partial charge in [0.25, 0.3) is 15.6 Å². The highest BCUT2D eigenvalue weighted by molar-refractivity contribution is 7.89. The average molecular weight is 691 g/mol. The highest BCUT2D eigenvalue weighted by Gasteiger charge is 2.45. The molecule has 252 valence electrons. The highest BCUT2D eigenvalue weighted by Crippen LogP contribution is 2.41. The molecule has 0 saturated heterocycles. The summed E-state index contributed by atoms with van der Waals surface area (Å²) >= 11 is 0. The molecule has 49 heavy (non-hydrogen) atoms. The van der Waals surface area contributed by atoms with Crippen LogP contribution in [0, 0.1) is 0 Å². The fourth-order valence-electron chi connectivity index (χ4n) is 6.26. The molecule has 1 aliphatic heterocycles. The van der Waals surface area contributed by atoms with Crippen LogP contribution in [0.4, 0.5) is 13.2 Å². The van der Waals surface area contributed by atoms with E-state index in [4.69, 9.17) is 9.47 Å². The SMILES string of the molecule is COC(=O)C1CN(Cc2ccc(OC)cc2)S(=O)(=O)c2c(-c3cccc(C(F)(F)F)c3)c(Cc3cccc4ccccc34)c(C=O)c(=O)n21. The van der Waals surface area contributed by atoms with E-state index >= 15 is 0 Å². The first-order chi connectivity index (χ1) is 23.4. The lowest BCUT2D eigenvalue weighted by molar-refractivity contribution is -0.145. The molecule has 1 atom stereocenters. The molecular weight excluding hydrogens is 661 g/mol. The molecule has 9 nitrogen and oxygen atoms in total. The number of pyridine rings is 1. The lowest BCUT2D eigenvalue weighted by atomic mass is 9.90. The van der Waals surface area contributed by atoms with E-state index in [1.807, 2.05) is 18.2 Å². The molecule has 1 aliphatic rings. The molecule has 2 heterocycles. The number of alkyl halides is 3. The molecule has 0 bridgehead atoms. The summed E-state index contributed by atoms with van der Waals surface area (Å²) in [6.45, 7) is -0.804. The monoisotopic (exact) mass is 690 g/mol. The lowest BCUT2D eigenvalue weighted by Gasteiger charge is -2.36. The Kier molecular flexibility index (Phi) is 8.90. The molecule has 6 rings (SSSR count). The van der Waals surface area contributed by atoms with E-state index in [2.05, 4.69) is 0 Å². The summed E-state index contributed by atoms with van der Waals surface area (Å²) in [6.07, 6.45) is -4.75. The van der Waals surface area contributed by atoms with Gasteiger partial charge in [0.1, 0.15) is 11.8 Å². The molecule has 0 amide bonds. The van der Waals surface area contributed by atoms with Crippen LogP contribution in [-0.4, -0.2) is 50.3 Å². The van der Waals surface area contributed by atoms with Gasteiger partial charge in [-0.2, -0.15) is 17.5 Å². The third-order valence-corrected chi connectivity index (χ3v) is 10.5. The van der Waals surface area contributed by atoms with Crippen molar-refractivity contribution in [1.29, 1.82) is 0 Å². The third-order valence-electron chi connectivity index (χ3n) is 8.62. The summed E-state index contributed by atoms with van der Waals surface area (Å²) < 4.78 is 83.5. The Balaban J connectivity index is 1.70. The summed E-state index contributed by atoms with van der Waals surface area (Å²) in [5.41, 5.74) is -2.16. The fourth-order valence-corrected chi connectivity index (χ4v) is 8.12. The van der Waals surface area contributed by atoms with Crippen molar-refractivity contribution in [2.45, 2.75) is 30.2 Å². The van der Waals surface area contributed by atoms with Crippen LogP contribution in [0.3, 0.4) is 0 Å². The minimum absolute atomic E-state index is 0.0968. The molecular formula is C36H29F3N2O7S. The van der Waals surface area contributed by atoms with Gasteiger partial charge in [0.15, 0.2) is 11.3 Å². The molecule has 0 saturated carbocycles. The number of fused-ring (bicyclic) bond motifs is 2. The van der Waals surface area contributed by atoms with Crippen LogP contribution in [0.2, 0.25) is 0 Å². The number of rotatable bonds is 8. The first-order valence-corrected chi connectivity index (χ1v) is 16.4. The predicted molar refractivity (Wildman–Crippen MR) is 175 cm³/mol. The van der Waals surface area contributed by atoms with Gasteiger partial charge in [0.2, 0.25) is 0 Å². The Hall–Kier alpha value is -5.27. The zero-order chi connectivity index (χ0) is 35.1.